The molecule has 3 rings (SSSR count). The fourth-order valence-electron chi connectivity index (χ4n) is 4.62. The van der Waals surface area contributed by atoms with Crippen molar-refractivity contribution in [2.75, 3.05) is 13.1 Å². The number of nitrogens with zero attached hydrogens (tertiary/aromatic N) is 1. The Bertz CT molecular complexity index is 318. The zero-order valence-corrected chi connectivity index (χ0v) is 11.2. The fourth-order valence-corrected chi connectivity index (χ4v) is 4.62. The lowest BCUT2D eigenvalue weighted by molar-refractivity contribution is -0.137. The van der Waals surface area contributed by atoms with Crippen molar-refractivity contribution in [3.63, 3.8) is 0 Å². The van der Waals surface area contributed by atoms with Gasteiger partial charge in [-0.25, -0.2) is 0 Å². The summed E-state index contributed by atoms with van der Waals surface area (Å²) in [6.07, 6.45) is 9.57. The molecule has 4 unspecified atom stereocenters. The molecule has 18 heavy (non-hydrogen) atoms. The van der Waals surface area contributed by atoms with E-state index in [0.717, 1.165) is 24.3 Å². The Labute approximate surface area is 110 Å². The van der Waals surface area contributed by atoms with Crippen molar-refractivity contribution in [3.8, 4) is 0 Å². The summed E-state index contributed by atoms with van der Waals surface area (Å²) in [4.78, 5) is 13.4. The molecule has 1 aliphatic heterocycles. The first-order valence-electron chi connectivity index (χ1n) is 7.68. The molecule has 0 amide bonds. The number of carboxylic acid groups (broad SMARTS) is 1. The van der Waals surface area contributed by atoms with Crippen LogP contribution in [0.2, 0.25) is 0 Å². The van der Waals surface area contributed by atoms with Gasteiger partial charge in [-0.2, -0.15) is 0 Å². The van der Waals surface area contributed by atoms with Crippen molar-refractivity contribution in [2.24, 2.45) is 17.8 Å². The van der Waals surface area contributed by atoms with E-state index in [1.165, 1.54) is 51.6 Å². The quantitative estimate of drug-likeness (QED) is 0.835. The Morgan fingerprint density at radius 2 is 2.11 bits per heavy atom. The number of carboxylic acids is 1. The molecule has 1 saturated heterocycles. The maximum atomic E-state index is 10.7. The van der Waals surface area contributed by atoms with Crippen molar-refractivity contribution in [1.82, 2.24) is 4.90 Å². The molecule has 2 saturated carbocycles. The maximum Gasteiger partial charge on any atom is 0.303 e. The third-order valence-corrected chi connectivity index (χ3v) is 5.49. The molecule has 1 heterocycles. The Balaban J connectivity index is 1.52. The smallest absolute Gasteiger partial charge is 0.303 e. The monoisotopic (exact) mass is 251 g/mol. The van der Waals surface area contributed by atoms with E-state index in [-0.39, 0.29) is 0 Å². The van der Waals surface area contributed by atoms with E-state index < -0.39 is 5.97 Å². The van der Waals surface area contributed by atoms with E-state index in [1.54, 1.807) is 0 Å². The maximum absolute atomic E-state index is 10.7. The number of aliphatic carboxylic acids is 1. The van der Waals surface area contributed by atoms with Gasteiger partial charge in [0.1, 0.15) is 0 Å². The largest absolute Gasteiger partial charge is 0.481 e. The molecule has 1 N–H and O–H groups in total. The number of likely N-dealkylation sites (tertiary alicyclic amines) is 1. The molecule has 3 fully saturated rings. The van der Waals surface area contributed by atoms with Crippen molar-refractivity contribution in [3.05, 3.63) is 0 Å². The molecule has 0 aromatic rings. The van der Waals surface area contributed by atoms with E-state index in [9.17, 15) is 4.79 Å². The standard InChI is InChI=1S/C15H25NO2/c17-15(18)6-4-11-2-1-7-16(10-11)14-9-12-3-5-13(14)8-12/h11-14H,1-10H2,(H,17,18). The van der Waals surface area contributed by atoms with Gasteiger partial charge >= 0.3 is 5.97 Å². The zero-order valence-electron chi connectivity index (χ0n) is 11.2. The highest BCUT2D eigenvalue weighted by atomic mass is 16.4. The Morgan fingerprint density at radius 3 is 2.78 bits per heavy atom. The van der Waals surface area contributed by atoms with Gasteiger partial charge in [-0.3, -0.25) is 9.69 Å². The predicted octanol–water partition coefficient (Wildman–Crippen LogP) is 2.75. The van der Waals surface area contributed by atoms with Gasteiger partial charge in [0.05, 0.1) is 0 Å². The summed E-state index contributed by atoms with van der Waals surface area (Å²) in [6.45, 7) is 2.43. The first kappa shape index (κ1) is 12.5. The van der Waals surface area contributed by atoms with E-state index in [0.29, 0.717) is 12.3 Å². The molecule has 0 aromatic heterocycles. The van der Waals surface area contributed by atoms with Crippen LogP contribution in [0.4, 0.5) is 0 Å². The highest BCUT2D eigenvalue weighted by molar-refractivity contribution is 5.66. The minimum atomic E-state index is -0.632. The second-order valence-electron chi connectivity index (χ2n) is 6.68. The second kappa shape index (κ2) is 5.20. The van der Waals surface area contributed by atoms with E-state index in [4.69, 9.17) is 5.11 Å². The Kier molecular flexibility index (Phi) is 3.60. The third-order valence-electron chi connectivity index (χ3n) is 5.49. The molecule has 2 bridgehead atoms. The minimum Gasteiger partial charge on any atom is -0.481 e. The SMILES string of the molecule is O=C(O)CCC1CCCN(C2CC3CCC2C3)C1. The molecular formula is C15H25NO2. The number of rotatable bonds is 4. The van der Waals surface area contributed by atoms with E-state index >= 15 is 0 Å². The van der Waals surface area contributed by atoms with Gasteiger partial charge in [-0.05, 0) is 62.8 Å². The van der Waals surface area contributed by atoms with Gasteiger partial charge in [0, 0.05) is 19.0 Å². The van der Waals surface area contributed by atoms with Crippen LogP contribution >= 0.6 is 0 Å². The number of hydrogen-bond acceptors (Lipinski definition) is 2. The van der Waals surface area contributed by atoms with Crippen LogP contribution in [0, 0.1) is 17.8 Å². The summed E-state index contributed by atoms with van der Waals surface area (Å²) in [5, 5.41) is 8.79. The molecule has 0 aromatic carbocycles. The summed E-state index contributed by atoms with van der Waals surface area (Å²) in [5.74, 6) is 1.98. The predicted molar refractivity (Wildman–Crippen MR) is 70.4 cm³/mol. The fraction of sp³-hybridized carbons (Fsp3) is 0.933. The van der Waals surface area contributed by atoms with Crippen LogP contribution in [0.1, 0.15) is 51.4 Å². The molecule has 3 aliphatic rings. The second-order valence-corrected chi connectivity index (χ2v) is 6.68. The summed E-state index contributed by atoms with van der Waals surface area (Å²) in [5.41, 5.74) is 0. The summed E-state index contributed by atoms with van der Waals surface area (Å²) in [7, 11) is 0. The summed E-state index contributed by atoms with van der Waals surface area (Å²) >= 11 is 0. The average Bonchev–Trinajstić information content (AvgIpc) is 2.99. The summed E-state index contributed by atoms with van der Waals surface area (Å²) < 4.78 is 0. The van der Waals surface area contributed by atoms with Crippen LogP contribution < -0.4 is 0 Å². The molecule has 3 heteroatoms. The van der Waals surface area contributed by atoms with E-state index in [2.05, 4.69) is 4.90 Å². The van der Waals surface area contributed by atoms with Crippen molar-refractivity contribution < 1.29 is 9.90 Å². The number of fused-ring (bicyclic) bond motifs is 2. The number of carbonyl (C=O) groups is 1. The van der Waals surface area contributed by atoms with Crippen LogP contribution in [-0.2, 0) is 4.79 Å². The van der Waals surface area contributed by atoms with Gasteiger partial charge in [0.15, 0.2) is 0 Å². The lowest BCUT2D eigenvalue weighted by Crippen LogP contribution is -2.45. The lowest BCUT2D eigenvalue weighted by Gasteiger charge is -2.40. The zero-order chi connectivity index (χ0) is 12.5. The molecule has 0 radical (unpaired) electrons. The van der Waals surface area contributed by atoms with Crippen molar-refractivity contribution >= 4 is 5.97 Å². The molecule has 4 atom stereocenters. The topological polar surface area (TPSA) is 40.5 Å². The average molecular weight is 251 g/mol. The van der Waals surface area contributed by atoms with Gasteiger partial charge in [0.25, 0.3) is 0 Å². The van der Waals surface area contributed by atoms with Crippen LogP contribution in [-0.4, -0.2) is 35.1 Å². The van der Waals surface area contributed by atoms with Crippen LogP contribution in [0.15, 0.2) is 0 Å². The molecule has 0 spiro atoms. The van der Waals surface area contributed by atoms with E-state index in [1.807, 2.05) is 0 Å². The number of piperidine rings is 1. The first-order valence-corrected chi connectivity index (χ1v) is 7.68. The highest BCUT2D eigenvalue weighted by Gasteiger charge is 2.42. The first-order chi connectivity index (χ1) is 8.72. The van der Waals surface area contributed by atoms with Crippen LogP contribution in [0.5, 0.6) is 0 Å². The van der Waals surface area contributed by atoms with Crippen LogP contribution in [0.3, 0.4) is 0 Å². The van der Waals surface area contributed by atoms with Crippen LogP contribution in [0.25, 0.3) is 0 Å². The van der Waals surface area contributed by atoms with Gasteiger partial charge in [-0.15, -0.1) is 0 Å². The Morgan fingerprint density at radius 1 is 1.22 bits per heavy atom. The van der Waals surface area contributed by atoms with Crippen molar-refractivity contribution in [1.29, 1.82) is 0 Å². The van der Waals surface area contributed by atoms with Crippen molar-refractivity contribution in [2.45, 2.75) is 57.4 Å². The highest BCUT2D eigenvalue weighted by Crippen LogP contribution is 2.47. The van der Waals surface area contributed by atoms with Gasteiger partial charge < -0.3 is 5.11 Å². The van der Waals surface area contributed by atoms with Gasteiger partial charge in [-0.1, -0.05) is 6.42 Å². The molecular weight excluding hydrogens is 226 g/mol. The third kappa shape index (κ3) is 2.56. The molecule has 2 aliphatic carbocycles. The molecule has 3 nitrogen and oxygen atoms in total. The lowest BCUT2D eigenvalue weighted by atomic mass is 9.88. The minimum absolute atomic E-state index is 0.356. The summed E-state index contributed by atoms with van der Waals surface area (Å²) in [6, 6.07) is 0.844. The normalized spacial score (nSPS) is 40.2. The Hall–Kier alpha value is -0.570. The molecule has 102 valence electrons. The number of hydrogen-bond donors (Lipinski definition) is 1. The van der Waals surface area contributed by atoms with Gasteiger partial charge in [0.2, 0.25) is 0 Å².